The van der Waals surface area contributed by atoms with Gasteiger partial charge in [0.1, 0.15) is 5.69 Å². The monoisotopic (exact) mass is 250 g/mol. The molecule has 0 saturated carbocycles. The first-order chi connectivity index (χ1) is 8.56. The van der Waals surface area contributed by atoms with Crippen molar-refractivity contribution in [1.82, 2.24) is 4.98 Å². The summed E-state index contributed by atoms with van der Waals surface area (Å²) in [6, 6.07) is 7.15. The molecular weight excluding hydrogens is 242 g/mol. The number of anilines is 1. The van der Waals surface area contributed by atoms with Crippen molar-refractivity contribution < 1.29 is 18.7 Å². The van der Waals surface area contributed by atoms with Gasteiger partial charge in [0.05, 0.1) is 0 Å². The van der Waals surface area contributed by atoms with Gasteiger partial charge in [-0.25, -0.2) is 9.37 Å². The molecule has 1 aromatic heterocycles. The molecule has 0 saturated heterocycles. The van der Waals surface area contributed by atoms with E-state index in [2.05, 4.69) is 10.3 Å². The average molecular weight is 250 g/mol. The van der Waals surface area contributed by atoms with Crippen LogP contribution in [-0.4, -0.2) is 16.0 Å². The molecule has 0 atom stereocenters. The molecule has 2 aromatic rings. The number of aromatic hydroxyl groups is 1. The summed E-state index contributed by atoms with van der Waals surface area (Å²) in [6.07, 6.45) is 0. The number of hydrogen-bond donors (Lipinski definition) is 2. The zero-order chi connectivity index (χ0) is 13.1. The van der Waals surface area contributed by atoms with Gasteiger partial charge in [-0.15, -0.1) is 0 Å². The lowest BCUT2D eigenvalue weighted by atomic mass is 10.2. The molecule has 0 aliphatic carbocycles. The normalized spacial score (nSPS) is 10.1. The molecule has 0 unspecified atom stereocenters. The van der Waals surface area contributed by atoms with E-state index in [0.29, 0.717) is 0 Å². The molecule has 0 aliphatic heterocycles. The van der Waals surface area contributed by atoms with E-state index in [1.54, 1.807) is 0 Å². The van der Waals surface area contributed by atoms with Gasteiger partial charge in [0.2, 0.25) is 5.95 Å². The first kappa shape index (κ1) is 12.0. The Morgan fingerprint density at radius 3 is 2.67 bits per heavy atom. The summed E-state index contributed by atoms with van der Waals surface area (Å²) < 4.78 is 25.8. The van der Waals surface area contributed by atoms with E-state index < -0.39 is 23.4 Å². The van der Waals surface area contributed by atoms with Crippen LogP contribution in [0.2, 0.25) is 0 Å². The minimum absolute atomic E-state index is 0.122. The van der Waals surface area contributed by atoms with Crippen LogP contribution in [-0.2, 0) is 0 Å². The fourth-order valence-electron chi connectivity index (χ4n) is 1.31. The molecule has 1 amide bonds. The number of carbonyl (C=O) groups is 1. The lowest BCUT2D eigenvalue weighted by molar-refractivity contribution is 0.102. The molecule has 2 rings (SSSR count). The van der Waals surface area contributed by atoms with E-state index in [-0.39, 0.29) is 11.4 Å². The maximum absolute atomic E-state index is 13.0. The van der Waals surface area contributed by atoms with Gasteiger partial charge in [-0.05, 0) is 24.3 Å². The standard InChI is InChI=1S/C12H8F2N2O2/c13-8-6-7(4-5-10(8)17)15-12(18)9-2-1-3-11(14)16-9/h1-6,17H,(H,15,18). The smallest absolute Gasteiger partial charge is 0.274 e. The highest BCUT2D eigenvalue weighted by atomic mass is 19.1. The molecule has 2 N–H and O–H groups in total. The highest BCUT2D eigenvalue weighted by Crippen LogP contribution is 2.19. The molecule has 18 heavy (non-hydrogen) atoms. The van der Waals surface area contributed by atoms with Gasteiger partial charge in [0.15, 0.2) is 11.6 Å². The predicted octanol–water partition coefficient (Wildman–Crippen LogP) is 2.32. The van der Waals surface area contributed by atoms with Crippen molar-refractivity contribution in [3.05, 3.63) is 53.9 Å². The van der Waals surface area contributed by atoms with E-state index >= 15 is 0 Å². The summed E-state index contributed by atoms with van der Waals surface area (Å²) in [5, 5.41) is 11.3. The van der Waals surface area contributed by atoms with Gasteiger partial charge < -0.3 is 10.4 Å². The summed E-state index contributed by atoms with van der Waals surface area (Å²) in [5.74, 6) is -2.82. The van der Waals surface area contributed by atoms with Gasteiger partial charge in [-0.3, -0.25) is 4.79 Å². The Morgan fingerprint density at radius 2 is 2.00 bits per heavy atom. The lowest BCUT2D eigenvalue weighted by Gasteiger charge is -2.05. The summed E-state index contributed by atoms with van der Waals surface area (Å²) in [6.45, 7) is 0. The Balaban J connectivity index is 2.18. The molecule has 92 valence electrons. The van der Waals surface area contributed by atoms with Gasteiger partial charge >= 0.3 is 0 Å². The minimum atomic E-state index is -0.861. The number of amides is 1. The Bertz CT molecular complexity index is 602. The van der Waals surface area contributed by atoms with E-state index in [0.717, 1.165) is 18.2 Å². The van der Waals surface area contributed by atoms with Crippen LogP contribution in [0, 0.1) is 11.8 Å². The van der Waals surface area contributed by atoms with E-state index in [1.807, 2.05) is 0 Å². The fourth-order valence-corrected chi connectivity index (χ4v) is 1.31. The third-order valence-corrected chi connectivity index (χ3v) is 2.15. The van der Waals surface area contributed by atoms with Crippen molar-refractivity contribution in [2.24, 2.45) is 0 Å². The van der Waals surface area contributed by atoms with Crippen molar-refractivity contribution in [2.75, 3.05) is 5.32 Å². The molecule has 0 spiro atoms. The van der Waals surface area contributed by atoms with Crippen molar-refractivity contribution in [3.8, 4) is 5.75 Å². The van der Waals surface area contributed by atoms with E-state index in [1.165, 1.54) is 18.2 Å². The Morgan fingerprint density at radius 1 is 1.22 bits per heavy atom. The second kappa shape index (κ2) is 4.79. The summed E-state index contributed by atoms with van der Waals surface area (Å²) >= 11 is 0. The van der Waals surface area contributed by atoms with Crippen LogP contribution >= 0.6 is 0 Å². The molecule has 1 aromatic carbocycles. The Kier molecular flexibility index (Phi) is 3.18. The second-order valence-corrected chi connectivity index (χ2v) is 3.47. The zero-order valence-corrected chi connectivity index (χ0v) is 9.02. The third kappa shape index (κ3) is 2.60. The van der Waals surface area contributed by atoms with E-state index in [9.17, 15) is 13.6 Å². The number of nitrogens with one attached hydrogen (secondary N) is 1. The van der Waals surface area contributed by atoms with Crippen LogP contribution in [0.5, 0.6) is 5.75 Å². The summed E-state index contributed by atoms with van der Waals surface area (Å²) in [5.41, 5.74) is 0.0184. The molecule has 1 heterocycles. The highest BCUT2D eigenvalue weighted by Gasteiger charge is 2.09. The maximum Gasteiger partial charge on any atom is 0.274 e. The summed E-state index contributed by atoms with van der Waals surface area (Å²) in [4.78, 5) is 15.0. The third-order valence-electron chi connectivity index (χ3n) is 2.15. The number of nitrogens with zero attached hydrogens (tertiary/aromatic N) is 1. The topological polar surface area (TPSA) is 62.2 Å². The molecule has 0 aliphatic rings. The van der Waals surface area contributed by atoms with Crippen LogP contribution in [0.1, 0.15) is 10.5 Å². The van der Waals surface area contributed by atoms with Crippen molar-refractivity contribution >= 4 is 11.6 Å². The van der Waals surface area contributed by atoms with Crippen LogP contribution in [0.25, 0.3) is 0 Å². The first-order valence-corrected chi connectivity index (χ1v) is 4.98. The fraction of sp³-hybridized carbons (Fsp3) is 0. The van der Waals surface area contributed by atoms with Crippen molar-refractivity contribution in [1.29, 1.82) is 0 Å². The molecule has 0 fully saturated rings. The summed E-state index contributed by atoms with van der Waals surface area (Å²) in [7, 11) is 0. The number of benzene rings is 1. The average Bonchev–Trinajstić information content (AvgIpc) is 2.34. The number of hydrogen-bond acceptors (Lipinski definition) is 3. The van der Waals surface area contributed by atoms with Crippen LogP contribution < -0.4 is 5.32 Å². The quantitative estimate of drug-likeness (QED) is 0.635. The number of carbonyl (C=O) groups excluding carboxylic acids is 1. The number of pyridine rings is 1. The molecule has 0 bridgehead atoms. The molecular formula is C12H8F2N2O2. The second-order valence-electron chi connectivity index (χ2n) is 3.47. The zero-order valence-electron chi connectivity index (χ0n) is 9.02. The number of aromatic nitrogens is 1. The Labute approximate surface area is 101 Å². The maximum atomic E-state index is 13.0. The minimum Gasteiger partial charge on any atom is -0.505 e. The van der Waals surface area contributed by atoms with Crippen LogP contribution in [0.15, 0.2) is 36.4 Å². The van der Waals surface area contributed by atoms with Crippen LogP contribution in [0.4, 0.5) is 14.5 Å². The van der Waals surface area contributed by atoms with Gasteiger partial charge in [-0.2, -0.15) is 4.39 Å². The van der Waals surface area contributed by atoms with Crippen molar-refractivity contribution in [3.63, 3.8) is 0 Å². The SMILES string of the molecule is O=C(Nc1ccc(O)c(F)c1)c1cccc(F)n1. The van der Waals surface area contributed by atoms with Crippen LogP contribution in [0.3, 0.4) is 0 Å². The van der Waals surface area contributed by atoms with E-state index in [4.69, 9.17) is 5.11 Å². The van der Waals surface area contributed by atoms with Gasteiger partial charge in [0.25, 0.3) is 5.91 Å². The van der Waals surface area contributed by atoms with Crippen molar-refractivity contribution in [2.45, 2.75) is 0 Å². The first-order valence-electron chi connectivity index (χ1n) is 4.98. The largest absolute Gasteiger partial charge is 0.505 e. The van der Waals surface area contributed by atoms with Gasteiger partial charge in [0, 0.05) is 11.8 Å². The number of phenolic OH excluding ortho intramolecular Hbond substituents is 1. The van der Waals surface area contributed by atoms with Gasteiger partial charge in [-0.1, -0.05) is 6.07 Å². The molecule has 0 radical (unpaired) electrons. The Hall–Kier alpha value is -2.50. The number of rotatable bonds is 2. The highest BCUT2D eigenvalue weighted by molar-refractivity contribution is 6.02. The lowest BCUT2D eigenvalue weighted by Crippen LogP contribution is -2.14. The molecule has 4 nitrogen and oxygen atoms in total. The number of phenols is 1. The molecule has 6 heteroatoms. The predicted molar refractivity (Wildman–Crippen MR) is 60.2 cm³/mol. The number of halogens is 2.